The van der Waals surface area contributed by atoms with Crippen molar-refractivity contribution in [3.63, 3.8) is 0 Å². The Kier molecular flexibility index (Phi) is 4.63. The Morgan fingerprint density at radius 2 is 1.87 bits per heavy atom. The minimum Gasteiger partial charge on any atom is -0.395 e. The Morgan fingerprint density at radius 3 is 2.61 bits per heavy atom. The number of aromatic nitrogens is 2. The monoisotopic (exact) mass is 440 g/mol. The first kappa shape index (κ1) is 19.7. The van der Waals surface area contributed by atoms with Crippen LogP contribution < -0.4 is 0 Å². The van der Waals surface area contributed by atoms with E-state index in [1.807, 2.05) is 18.2 Å². The molecule has 7 heteroatoms. The van der Waals surface area contributed by atoms with Crippen LogP contribution in [0, 0.1) is 5.92 Å². The molecule has 2 saturated heterocycles. The van der Waals surface area contributed by atoms with Crippen LogP contribution in [-0.4, -0.2) is 58.3 Å². The molecule has 31 heavy (non-hydrogen) atoms. The molecular weight excluding hydrogens is 416 g/mol. The Bertz CT molecular complexity index is 1120. The lowest BCUT2D eigenvalue weighted by molar-refractivity contribution is 0.0169. The van der Waals surface area contributed by atoms with Crippen LogP contribution in [0.4, 0.5) is 0 Å². The van der Waals surface area contributed by atoms with Gasteiger partial charge in [-0.05, 0) is 37.0 Å². The summed E-state index contributed by atoms with van der Waals surface area (Å²) in [5.74, 6) is 0.207. The van der Waals surface area contributed by atoms with Crippen molar-refractivity contribution in [1.29, 1.82) is 0 Å². The molecule has 2 aliphatic heterocycles. The molecule has 6 rings (SSSR count). The van der Waals surface area contributed by atoms with Gasteiger partial charge in [-0.2, -0.15) is 0 Å². The number of halogens is 1. The van der Waals surface area contributed by atoms with E-state index in [0.29, 0.717) is 18.2 Å². The molecule has 0 bridgehead atoms. The maximum Gasteiger partial charge on any atom is 0.112 e. The fourth-order valence-electron chi connectivity index (χ4n) is 5.09. The molecule has 4 heterocycles. The van der Waals surface area contributed by atoms with E-state index in [1.54, 1.807) is 0 Å². The number of pyridine rings is 1. The Morgan fingerprint density at radius 1 is 1.10 bits per heavy atom. The fourth-order valence-corrected chi connectivity index (χ4v) is 5.35. The van der Waals surface area contributed by atoms with Gasteiger partial charge in [0.2, 0.25) is 0 Å². The third kappa shape index (κ3) is 3.29. The zero-order chi connectivity index (χ0) is 21.2. The molecule has 1 saturated carbocycles. The van der Waals surface area contributed by atoms with Crippen molar-refractivity contribution in [2.24, 2.45) is 5.92 Å². The Labute approximate surface area is 185 Å². The van der Waals surface area contributed by atoms with Crippen molar-refractivity contribution >= 4 is 22.6 Å². The molecule has 3 aliphatic rings. The lowest BCUT2D eigenvalue weighted by atomic mass is 9.95. The third-order valence-electron chi connectivity index (χ3n) is 7.15. The maximum atomic E-state index is 9.95. The number of nitrogens with zero attached hydrogens (tertiary/aromatic N) is 1. The summed E-state index contributed by atoms with van der Waals surface area (Å²) in [5.41, 5.74) is 5.69. The van der Waals surface area contributed by atoms with Gasteiger partial charge in [-0.3, -0.25) is 0 Å². The van der Waals surface area contributed by atoms with Crippen LogP contribution in [0.25, 0.3) is 22.3 Å². The molecule has 6 nitrogen and oxygen atoms in total. The molecule has 1 aromatic carbocycles. The van der Waals surface area contributed by atoms with Crippen molar-refractivity contribution in [2.75, 3.05) is 19.8 Å². The van der Waals surface area contributed by atoms with Crippen LogP contribution in [0.2, 0.25) is 5.02 Å². The van der Waals surface area contributed by atoms with Crippen LogP contribution in [0.15, 0.2) is 36.4 Å². The van der Waals surface area contributed by atoms with Crippen LogP contribution in [0.1, 0.15) is 24.1 Å². The Balaban J connectivity index is 1.26. The lowest BCUT2D eigenvalue weighted by Crippen LogP contribution is -2.29. The topological polar surface area (TPSA) is 87.6 Å². The van der Waals surface area contributed by atoms with Gasteiger partial charge >= 0.3 is 0 Å². The first-order valence-electron chi connectivity index (χ1n) is 10.9. The van der Waals surface area contributed by atoms with Crippen molar-refractivity contribution in [2.45, 2.75) is 43.0 Å². The van der Waals surface area contributed by atoms with E-state index >= 15 is 0 Å². The summed E-state index contributed by atoms with van der Waals surface area (Å²) in [6.07, 6.45) is 2.06. The largest absolute Gasteiger partial charge is 0.395 e. The molecule has 0 spiro atoms. The lowest BCUT2D eigenvalue weighted by Gasteiger charge is -2.14. The zero-order valence-corrected chi connectivity index (χ0v) is 17.8. The van der Waals surface area contributed by atoms with Gasteiger partial charge in [-0.25, -0.2) is 4.98 Å². The van der Waals surface area contributed by atoms with E-state index < -0.39 is 6.10 Å². The molecule has 0 radical (unpaired) electrons. The van der Waals surface area contributed by atoms with Gasteiger partial charge in [0.1, 0.15) is 12.2 Å². The summed E-state index contributed by atoms with van der Waals surface area (Å²) in [7, 11) is 0. The first-order chi connectivity index (χ1) is 15.1. The van der Waals surface area contributed by atoms with Crippen molar-refractivity contribution in [1.82, 2.24) is 9.97 Å². The van der Waals surface area contributed by atoms with Gasteiger partial charge < -0.3 is 24.7 Å². The second-order valence-corrected chi connectivity index (χ2v) is 9.60. The molecular formula is C24H25ClN2O4. The number of benzene rings is 1. The highest BCUT2D eigenvalue weighted by Gasteiger charge is 2.47. The zero-order valence-electron chi connectivity index (χ0n) is 17.1. The van der Waals surface area contributed by atoms with Gasteiger partial charge in [-0.1, -0.05) is 35.9 Å². The van der Waals surface area contributed by atoms with E-state index in [9.17, 15) is 10.2 Å². The minimum absolute atomic E-state index is 0.0444. The summed E-state index contributed by atoms with van der Waals surface area (Å²) < 4.78 is 11.5. The predicted octanol–water partition coefficient (Wildman–Crippen LogP) is 3.22. The van der Waals surface area contributed by atoms with Crippen molar-refractivity contribution in [3.8, 4) is 11.3 Å². The van der Waals surface area contributed by atoms with Gasteiger partial charge in [0, 0.05) is 22.6 Å². The molecule has 162 valence electrons. The number of ether oxygens (including phenoxy) is 2. The van der Waals surface area contributed by atoms with Gasteiger partial charge in [0.25, 0.3) is 0 Å². The number of aliphatic hydroxyl groups is 2. The normalized spacial score (nSPS) is 28.9. The van der Waals surface area contributed by atoms with Gasteiger partial charge in [-0.15, -0.1) is 0 Å². The average molecular weight is 441 g/mol. The highest BCUT2D eigenvalue weighted by atomic mass is 35.5. The van der Waals surface area contributed by atoms with Gasteiger partial charge in [0.15, 0.2) is 0 Å². The quantitative estimate of drug-likeness (QED) is 0.567. The Hall–Kier alpha value is -1.96. The van der Waals surface area contributed by atoms with E-state index in [-0.39, 0.29) is 30.1 Å². The maximum absolute atomic E-state index is 9.95. The molecule has 4 atom stereocenters. The summed E-state index contributed by atoms with van der Waals surface area (Å²) in [6.45, 7) is 1.13. The van der Waals surface area contributed by atoms with E-state index in [4.69, 9.17) is 26.1 Å². The van der Waals surface area contributed by atoms with Crippen molar-refractivity contribution in [3.05, 3.63) is 52.7 Å². The number of nitrogens with one attached hydrogen (secondary N) is 1. The minimum atomic E-state index is -0.528. The number of rotatable bonds is 5. The van der Waals surface area contributed by atoms with Crippen molar-refractivity contribution < 1.29 is 19.7 Å². The fraction of sp³-hybridized carbons (Fsp3) is 0.458. The van der Waals surface area contributed by atoms with Crippen LogP contribution >= 0.6 is 11.6 Å². The van der Waals surface area contributed by atoms with E-state index in [0.717, 1.165) is 47.2 Å². The molecule has 3 N–H and O–H groups in total. The molecule has 3 fully saturated rings. The molecule has 0 amide bonds. The standard InChI is InChI=1S/C24H25ClN2O4/c25-17-9-19-18(8-16(26-19)7-14-10-30-23-20(29)11-31-22(14)23)27-21(17)13-1-3-15(4-2-13)24(12-28)5-6-24/h1-4,8-9,14,20,22-23,26,28-29H,5-7,10-12H2/t14-,20-,22-,23-/m1/s1. The molecule has 2 aromatic heterocycles. The number of hydrogen-bond donors (Lipinski definition) is 3. The SMILES string of the molecule is OCC1(c2ccc(-c3nc4cc(C[C@@H]5CO[C@H]6[C@@H]5OC[C@H]6O)[nH]c4cc3Cl)cc2)CC1. The number of aromatic amines is 1. The van der Waals surface area contributed by atoms with Crippen LogP contribution in [0.3, 0.4) is 0 Å². The first-order valence-corrected chi connectivity index (χ1v) is 11.3. The summed E-state index contributed by atoms with van der Waals surface area (Å²) >= 11 is 6.59. The average Bonchev–Trinajstić information content (AvgIpc) is 3.12. The highest BCUT2D eigenvalue weighted by molar-refractivity contribution is 6.33. The molecule has 1 aliphatic carbocycles. The summed E-state index contributed by atoms with van der Waals surface area (Å²) in [4.78, 5) is 8.26. The number of fused-ring (bicyclic) bond motifs is 2. The molecule has 0 unspecified atom stereocenters. The molecule has 3 aromatic rings. The highest BCUT2D eigenvalue weighted by Crippen LogP contribution is 2.48. The second-order valence-electron chi connectivity index (χ2n) is 9.19. The number of hydrogen-bond acceptors (Lipinski definition) is 5. The third-order valence-corrected chi connectivity index (χ3v) is 7.44. The number of aliphatic hydroxyl groups excluding tert-OH is 2. The van der Waals surface area contributed by atoms with Crippen LogP contribution in [-0.2, 0) is 21.3 Å². The summed E-state index contributed by atoms with van der Waals surface area (Å²) in [5, 5.41) is 20.2. The summed E-state index contributed by atoms with van der Waals surface area (Å²) in [6, 6.07) is 12.2. The second kappa shape index (κ2) is 7.29. The predicted molar refractivity (Wildman–Crippen MR) is 117 cm³/mol. The van der Waals surface area contributed by atoms with E-state index in [2.05, 4.69) is 23.2 Å². The van der Waals surface area contributed by atoms with Crippen LogP contribution in [0.5, 0.6) is 0 Å². The van der Waals surface area contributed by atoms with E-state index in [1.165, 1.54) is 5.56 Å². The van der Waals surface area contributed by atoms with Gasteiger partial charge in [0.05, 0.1) is 47.7 Å². The number of H-pyrrole nitrogens is 1. The smallest absolute Gasteiger partial charge is 0.112 e.